The Bertz CT molecular complexity index is 445. The lowest BCUT2D eigenvalue weighted by atomic mass is 9.73. The highest BCUT2D eigenvalue weighted by atomic mass is 127. The summed E-state index contributed by atoms with van der Waals surface area (Å²) in [5.74, 6) is 1.92. The van der Waals surface area contributed by atoms with Gasteiger partial charge in [-0.3, -0.25) is 4.99 Å². The fourth-order valence-electron chi connectivity index (χ4n) is 5.08. The highest BCUT2D eigenvalue weighted by Gasteiger charge is 2.39. The first kappa shape index (κ1) is 23.2. The first-order valence-corrected chi connectivity index (χ1v) is 11.0. The number of piperidine rings is 1. The molecule has 0 radical (unpaired) electrons. The van der Waals surface area contributed by atoms with E-state index in [-0.39, 0.29) is 24.0 Å². The topological polar surface area (TPSA) is 40.1 Å². The zero-order chi connectivity index (χ0) is 18.2. The molecule has 1 spiro atoms. The van der Waals surface area contributed by atoms with Crippen LogP contribution in [0.2, 0.25) is 0 Å². The number of halogens is 1. The Labute approximate surface area is 183 Å². The van der Waals surface area contributed by atoms with E-state index in [0.29, 0.717) is 5.41 Å². The summed E-state index contributed by atoms with van der Waals surface area (Å²) >= 11 is 0. The number of nitrogens with zero attached hydrogens (tertiary/aromatic N) is 3. The maximum atomic E-state index is 5.20. The lowest BCUT2D eigenvalue weighted by Gasteiger charge is -2.34. The molecule has 0 unspecified atom stereocenters. The van der Waals surface area contributed by atoms with E-state index < -0.39 is 0 Å². The summed E-state index contributed by atoms with van der Waals surface area (Å²) in [5.41, 5.74) is 0.598. The standard InChI is InChI=1S/C21H40N4O.HI/c1-3-22-20(25-14-11-21(18-25)9-5-4-6-10-21)23-17-19-7-12-24(13-8-19)15-16-26-2;/h19H,3-18H2,1-2H3,(H,22,23);1H. The number of aliphatic imine (C=N–C) groups is 1. The summed E-state index contributed by atoms with van der Waals surface area (Å²) in [7, 11) is 1.79. The van der Waals surface area contributed by atoms with Gasteiger partial charge >= 0.3 is 0 Å². The summed E-state index contributed by atoms with van der Waals surface area (Å²) < 4.78 is 5.20. The van der Waals surface area contributed by atoms with Crippen LogP contribution in [0.3, 0.4) is 0 Å². The molecule has 2 heterocycles. The number of guanidine groups is 1. The van der Waals surface area contributed by atoms with Crippen molar-refractivity contribution in [2.45, 2.75) is 58.3 Å². The molecule has 158 valence electrons. The SMILES string of the molecule is CCNC(=NCC1CCN(CCOC)CC1)N1CCC2(CCCCC2)C1.I. The zero-order valence-electron chi connectivity index (χ0n) is 17.5. The molecule has 3 rings (SSSR count). The van der Waals surface area contributed by atoms with Gasteiger partial charge in [-0.15, -0.1) is 24.0 Å². The van der Waals surface area contributed by atoms with E-state index >= 15 is 0 Å². The number of hydrogen-bond acceptors (Lipinski definition) is 3. The van der Waals surface area contributed by atoms with E-state index in [0.717, 1.165) is 32.2 Å². The highest BCUT2D eigenvalue weighted by Crippen LogP contribution is 2.43. The predicted molar refractivity (Wildman–Crippen MR) is 124 cm³/mol. The molecule has 0 amide bonds. The number of hydrogen-bond donors (Lipinski definition) is 1. The van der Waals surface area contributed by atoms with Gasteiger partial charge in [-0.25, -0.2) is 0 Å². The highest BCUT2D eigenvalue weighted by molar-refractivity contribution is 14.0. The normalized spacial score (nSPS) is 24.2. The van der Waals surface area contributed by atoms with E-state index in [1.54, 1.807) is 7.11 Å². The average molecular weight is 492 g/mol. The van der Waals surface area contributed by atoms with Gasteiger partial charge in [0, 0.05) is 39.8 Å². The first-order valence-electron chi connectivity index (χ1n) is 11.0. The summed E-state index contributed by atoms with van der Waals surface area (Å²) in [6.07, 6.45) is 11.1. The predicted octanol–water partition coefficient (Wildman–Crippen LogP) is 3.58. The van der Waals surface area contributed by atoms with Gasteiger partial charge < -0.3 is 19.9 Å². The van der Waals surface area contributed by atoms with E-state index in [4.69, 9.17) is 9.73 Å². The average Bonchev–Trinajstić information content (AvgIpc) is 3.08. The monoisotopic (exact) mass is 492 g/mol. The molecule has 27 heavy (non-hydrogen) atoms. The molecule has 1 aliphatic carbocycles. The van der Waals surface area contributed by atoms with E-state index in [2.05, 4.69) is 22.0 Å². The van der Waals surface area contributed by atoms with E-state index in [1.807, 2.05) is 0 Å². The fourth-order valence-corrected chi connectivity index (χ4v) is 5.08. The third kappa shape index (κ3) is 6.74. The van der Waals surface area contributed by atoms with Crippen LogP contribution in [0.1, 0.15) is 58.3 Å². The Morgan fingerprint density at radius 3 is 2.52 bits per heavy atom. The molecule has 3 fully saturated rings. The van der Waals surface area contributed by atoms with Crippen LogP contribution in [-0.4, -0.2) is 75.3 Å². The number of ether oxygens (including phenoxy) is 1. The summed E-state index contributed by atoms with van der Waals surface area (Å²) in [4.78, 5) is 10.2. The first-order chi connectivity index (χ1) is 12.7. The van der Waals surface area contributed by atoms with Crippen molar-refractivity contribution < 1.29 is 4.74 Å². The van der Waals surface area contributed by atoms with Gasteiger partial charge in [0.1, 0.15) is 0 Å². The van der Waals surface area contributed by atoms with Gasteiger partial charge in [-0.05, 0) is 63.5 Å². The summed E-state index contributed by atoms with van der Waals surface area (Å²) in [6.45, 7) is 10.9. The Hall–Kier alpha value is -0.0800. The van der Waals surface area contributed by atoms with Crippen molar-refractivity contribution in [3.63, 3.8) is 0 Å². The number of likely N-dealkylation sites (tertiary alicyclic amines) is 2. The maximum Gasteiger partial charge on any atom is 0.193 e. The smallest absolute Gasteiger partial charge is 0.193 e. The minimum absolute atomic E-state index is 0. The van der Waals surface area contributed by atoms with Crippen LogP contribution in [0.5, 0.6) is 0 Å². The lowest BCUT2D eigenvalue weighted by molar-refractivity contribution is 0.121. The molecule has 0 atom stereocenters. The van der Waals surface area contributed by atoms with Crippen molar-refractivity contribution in [3.8, 4) is 0 Å². The van der Waals surface area contributed by atoms with Crippen molar-refractivity contribution >= 4 is 29.9 Å². The van der Waals surface area contributed by atoms with Gasteiger partial charge in [-0.1, -0.05) is 19.3 Å². The maximum absolute atomic E-state index is 5.20. The van der Waals surface area contributed by atoms with Gasteiger partial charge in [-0.2, -0.15) is 0 Å². The Kier molecular flexibility index (Phi) is 10.1. The molecule has 0 bridgehead atoms. The van der Waals surface area contributed by atoms with Crippen LogP contribution in [0, 0.1) is 11.3 Å². The van der Waals surface area contributed by atoms with E-state index in [1.165, 1.54) is 83.5 Å². The molecular weight excluding hydrogens is 451 g/mol. The van der Waals surface area contributed by atoms with Crippen LogP contribution in [0.4, 0.5) is 0 Å². The van der Waals surface area contributed by atoms with Crippen molar-refractivity contribution in [1.82, 2.24) is 15.1 Å². The van der Waals surface area contributed by atoms with Crippen molar-refractivity contribution in [2.24, 2.45) is 16.3 Å². The van der Waals surface area contributed by atoms with Gasteiger partial charge in [0.05, 0.1) is 6.61 Å². The number of methoxy groups -OCH3 is 1. The number of nitrogens with one attached hydrogen (secondary N) is 1. The second kappa shape index (κ2) is 11.8. The molecule has 3 aliphatic rings. The van der Waals surface area contributed by atoms with Crippen LogP contribution in [-0.2, 0) is 4.74 Å². The fraction of sp³-hybridized carbons (Fsp3) is 0.952. The van der Waals surface area contributed by atoms with Crippen molar-refractivity contribution in [2.75, 3.05) is 59.5 Å². The molecule has 1 N–H and O–H groups in total. The third-order valence-corrected chi connectivity index (χ3v) is 6.81. The van der Waals surface area contributed by atoms with Gasteiger partial charge in [0.25, 0.3) is 0 Å². The molecule has 2 aliphatic heterocycles. The zero-order valence-corrected chi connectivity index (χ0v) is 19.9. The Balaban J connectivity index is 0.00000261. The van der Waals surface area contributed by atoms with Crippen LogP contribution in [0.25, 0.3) is 0 Å². The Morgan fingerprint density at radius 1 is 1.11 bits per heavy atom. The summed E-state index contributed by atoms with van der Waals surface area (Å²) in [5, 5.41) is 3.57. The van der Waals surface area contributed by atoms with Crippen molar-refractivity contribution in [1.29, 1.82) is 0 Å². The summed E-state index contributed by atoms with van der Waals surface area (Å²) in [6, 6.07) is 0. The van der Waals surface area contributed by atoms with E-state index in [9.17, 15) is 0 Å². The molecule has 5 nitrogen and oxygen atoms in total. The minimum Gasteiger partial charge on any atom is -0.383 e. The molecule has 0 aromatic heterocycles. The molecule has 1 saturated carbocycles. The molecular formula is C21H41IN4O. The second-order valence-electron chi connectivity index (χ2n) is 8.70. The Morgan fingerprint density at radius 2 is 1.85 bits per heavy atom. The number of rotatable bonds is 6. The largest absolute Gasteiger partial charge is 0.383 e. The van der Waals surface area contributed by atoms with Crippen LogP contribution >= 0.6 is 24.0 Å². The molecule has 0 aromatic rings. The molecule has 0 aromatic carbocycles. The molecule has 2 saturated heterocycles. The quantitative estimate of drug-likeness (QED) is 0.350. The molecule has 6 heteroatoms. The van der Waals surface area contributed by atoms with Crippen LogP contribution in [0.15, 0.2) is 4.99 Å². The van der Waals surface area contributed by atoms with Gasteiger partial charge in [0.15, 0.2) is 5.96 Å². The third-order valence-electron chi connectivity index (χ3n) is 6.81. The minimum atomic E-state index is 0. The van der Waals surface area contributed by atoms with Gasteiger partial charge in [0.2, 0.25) is 0 Å². The second-order valence-corrected chi connectivity index (χ2v) is 8.70. The van der Waals surface area contributed by atoms with Crippen LogP contribution < -0.4 is 5.32 Å². The lowest BCUT2D eigenvalue weighted by Crippen LogP contribution is -2.42. The van der Waals surface area contributed by atoms with Crippen molar-refractivity contribution in [3.05, 3.63) is 0 Å².